The Morgan fingerprint density at radius 3 is 2.45 bits per heavy atom. The van der Waals surface area contributed by atoms with Crippen molar-refractivity contribution in [2.75, 3.05) is 0 Å². The second kappa shape index (κ2) is 4.85. The van der Waals surface area contributed by atoms with Crippen LogP contribution < -0.4 is 0 Å². The van der Waals surface area contributed by atoms with Crippen LogP contribution in [0.4, 0.5) is 0 Å². The second-order valence-corrected chi connectivity index (χ2v) is 8.59. The largest absolute Gasteiger partial charge is 0.299 e. The lowest BCUT2D eigenvalue weighted by Crippen LogP contribution is -2.55. The number of fused-ring (bicyclic) bond motifs is 2. The maximum absolute atomic E-state index is 13.1. The fraction of sp³-hybridized carbons (Fsp3) is 0.947. The molecule has 0 heterocycles. The van der Waals surface area contributed by atoms with Gasteiger partial charge in [0.2, 0.25) is 0 Å². The summed E-state index contributed by atoms with van der Waals surface area (Å²) >= 11 is 0. The Balaban J connectivity index is 1.68. The van der Waals surface area contributed by atoms with Gasteiger partial charge in [0.05, 0.1) is 0 Å². The lowest BCUT2D eigenvalue weighted by Gasteiger charge is -2.57. The molecule has 0 N–H and O–H groups in total. The van der Waals surface area contributed by atoms with Crippen LogP contribution >= 0.6 is 0 Å². The topological polar surface area (TPSA) is 17.1 Å². The van der Waals surface area contributed by atoms with Crippen molar-refractivity contribution >= 4 is 5.78 Å². The maximum Gasteiger partial charge on any atom is 0.139 e. The van der Waals surface area contributed by atoms with Gasteiger partial charge in [-0.05, 0) is 67.6 Å². The third-order valence-corrected chi connectivity index (χ3v) is 7.64. The van der Waals surface area contributed by atoms with Crippen molar-refractivity contribution in [1.82, 2.24) is 0 Å². The molecular formula is C19H30O. The van der Waals surface area contributed by atoms with Crippen LogP contribution in [0.25, 0.3) is 0 Å². The van der Waals surface area contributed by atoms with E-state index in [0.717, 1.165) is 35.5 Å². The molecule has 0 saturated heterocycles. The lowest BCUT2D eigenvalue weighted by molar-refractivity contribution is -0.153. The van der Waals surface area contributed by atoms with E-state index in [9.17, 15) is 4.79 Å². The van der Waals surface area contributed by atoms with Gasteiger partial charge in [0.1, 0.15) is 5.78 Å². The van der Waals surface area contributed by atoms with E-state index in [4.69, 9.17) is 0 Å². The number of carbonyl (C=O) groups is 1. The van der Waals surface area contributed by atoms with Gasteiger partial charge < -0.3 is 0 Å². The predicted molar refractivity (Wildman–Crippen MR) is 81.2 cm³/mol. The molecule has 0 radical (unpaired) electrons. The molecular weight excluding hydrogens is 244 g/mol. The number of carbonyl (C=O) groups excluding carboxylic acids is 1. The van der Waals surface area contributed by atoms with Gasteiger partial charge in [-0.2, -0.15) is 0 Å². The SMILES string of the molecule is CC1CCC2C(C1)C(=O)C1CCCC3C(C)CCC2C13. The quantitative estimate of drug-likeness (QED) is 0.626. The standard InChI is InChI=1S/C19H30O/c1-11-6-8-14-15-9-7-12(2)13-4-3-5-16(18(13)15)19(20)17(14)10-11/h11-18H,3-10H2,1-2H3. The number of ketones is 1. The van der Waals surface area contributed by atoms with E-state index in [-0.39, 0.29) is 0 Å². The minimum Gasteiger partial charge on any atom is -0.299 e. The summed E-state index contributed by atoms with van der Waals surface area (Å²) in [4.78, 5) is 13.1. The Kier molecular flexibility index (Phi) is 3.23. The average molecular weight is 274 g/mol. The van der Waals surface area contributed by atoms with Crippen molar-refractivity contribution in [2.24, 2.45) is 47.3 Å². The fourth-order valence-corrected chi connectivity index (χ4v) is 6.75. The van der Waals surface area contributed by atoms with Crippen LogP contribution in [0.3, 0.4) is 0 Å². The van der Waals surface area contributed by atoms with Gasteiger partial charge in [-0.1, -0.05) is 33.1 Å². The molecule has 0 aliphatic heterocycles. The molecule has 4 rings (SSSR count). The highest BCUT2D eigenvalue weighted by Gasteiger charge is 2.55. The number of Topliss-reactive ketones (excluding diaryl/α,β-unsaturated/α-hetero) is 1. The highest BCUT2D eigenvalue weighted by molar-refractivity contribution is 5.85. The molecule has 4 aliphatic carbocycles. The van der Waals surface area contributed by atoms with E-state index in [1.807, 2.05) is 0 Å². The van der Waals surface area contributed by atoms with Gasteiger partial charge in [0.25, 0.3) is 0 Å². The van der Waals surface area contributed by atoms with Crippen molar-refractivity contribution in [1.29, 1.82) is 0 Å². The van der Waals surface area contributed by atoms with Crippen molar-refractivity contribution in [2.45, 2.75) is 65.2 Å². The van der Waals surface area contributed by atoms with Gasteiger partial charge >= 0.3 is 0 Å². The fourth-order valence-electron chi connectivity index (χ4n) is 6.75. The summed E-state index contributed by atoms with van der Waals surface area (Å²) in [5, 5.41) is 0. The number of rotatable bonds is 0. The first kappa shape index (κ1) is 13.3. The summed E-state index contributed by atoms with van der Waals surface area (Å²) in [6.45, 7) is 4.82. The van der Waals surface area contributed by atoms with Crippen LogP contribution in [-0.4, -0.2) is 5.78 Å². The highest BCUT2D eigenvalue weighted by Crippen LogP contribution is 2.59. The van der Waals surface area contributed by atoms with E-state index < -0.39 is 0 Å². The molecule has 8 atom stereocenters. The normalized spacial score (nSPS) is 55.0. The summed E-state index contributed by atoms with van der Waals surface area (Å²) in [6.07, 6.45) is 10.8. The molecule has 112 valence electrons. The molecule has 1 heteroatoms. The zero-order chi connectivity index (χ0) is 13.9. The third kappa shape index (κ3) is 1.84. The molecule has 4 saturated carbocycles. The number of hydrogen-bond acceptors (Lipinski definition) is 1. The Morgan fingerprint density at radius 2 is 1.60 bits per heavy atom. The molecule has 1 nitrogen and oxygen atoms in total. The van der Waals surface area contributed by atoms with Crippen LogP contribution in [0.5, 0.6) is 0 Å². The summed E-state index contributed by atoms with van der Waals surface area (Å²) in [5.41, 5.74) is 0. The summed E-state index contributed by atoms with van der Waals surface area (Å²) in [5.74, 6) is 6.66. The Labute approximate surface area is 123 Å². The van der Waals surface area contributed by atoms with Crippen LogP contribution in [0.1, 0.15) is 65.2 Å². The van der Waals surface area contributed by atoms with E-state index in [1.54, 1.807) is 0 Å². The van der Waals surface area contributed by atoms with Gasteiger partial charge in [-0.15, -0.1) is 0 Å². The molecule has 0 aromatic carbocycles. The van der Waals surface area contributed by atoms with Gasteiger partial charge in [-0.25, -0.2) is 0 Å². The molecule has 4 aliphatic rings. The summed E-state index contributed by atoms with van der Waals surface area (Å²) in [7, 11) is 0. The van der Waals surface area contributed by atoms with E-state index in [2.05, 4.69) is 13.8 Å². The molecule has 0 aromatic heterocycles. The molecule has 0 bridgehead atoms. The van der Waals surface area contributed by atoms with E-state index in [1.165, 1.54) is 51.4 Å². The van der Waals surface area contributed by atoms with Crippen molar-refractivity contribution in [3.63, 3.8) is 0 Å². The summed E-state index contributed by atoms with van der Waals surface area (Å²) in [6, 6.07) is 0. The molecule has 0 aromatic rings. The van der Waals surface area contributed by atoms with Crippen LogP contribution in [-0.2, 0) is 4.79 Å². The smallest absolute Gasteiger partial charge is 0.139 e. The van der Waals surface area contributed by atoms with Gasteiger partial charge in [0.15, 0.2) is 0 Å². The monoisotopic (exact) mass is 274 g/mol. The molecule has 8 unspecified atom stereocenters. The zero-order valence-electron chi connectivity index (χ0n) is 13.2. The van der Waals surface area contributed by atoms with Crippen molar-refractivity contribution in [3.8, 4) is 0 Å². The predicted octanol–water partition coefficient (Wildman–Crippen LogP) is 4.70. The first-order valence-corrected chi connectivity index (χ1v) is 9.20. The minimum atomic E-state index is 0.456. The van der Waals surface area contributed by atoms with Crippen molar-refractivity contribution in [3.05, 3.63) is 0 Å². The maximum atomic E-state index is 13.1. The molecule has 4 fully saturated rings. The highest BCUT2D eigenvalue weighted by atomic mass is 16.1. The molecule has 20 heavy (non-hydrogen) atoms. The van der Waals surface area contributed by atoms with Crippen LogP contribution in [0.2, 0.25) is 0 Å². The van der Waals surface area contributed by atoms with Crippen LogP contribution in [0.15, 0.2) is 0 Å². The Hall–Kier alpha value is -0.330. The van der Waals surface area contributed by atoms with Gasteiger partial charge in [-0.3, -0.25) is 4.79 Å². The van der Waals surface area contributed by atoms with E-state index in [0.29, 0.717) is 17.6 Å². The number of hydrogen-bond donors (Lipinski definition) is 0. The van der Waals surface area contributed by atoms with E-state index >= 15 is 0 Å². The molecule has 0 spiro atoms. The van der Waals surface area contributed by atoms with Crippen molar-refractivity contribution < 1.29 is 4.79 Å². The Morgan fingerprint density at radius 1 is 0.800 bits per heavy atom. The second-order valence-electron chi connectivity index (χ2n) is 8.59. The zero-order valence-corrected chi connectivity index (χ0v) is 13.2. The summed E-state index contributed by atoms with van der Waals surface area (Å²) < 4.78 is 0. The molecule has 0 amide bonds. The first-order valence-electron chi connectivity index (χ1n) is 9.20. The minimum absolute atomic E-state index is 0.456. The van der Waals surface area contributed by atoms with Gasteiger partial charge in [0, 0.05) is 11.8 Å². The first-order chi connectivity index (χ1) is 9.66. The average Bonchev–Trinajstić information content (AvgIpc) is 2.46. The lowest BCUT2D eigenvalue weighted by atomic mass is 9.47. The van der Waals surface area contributed by atoms with Crippen LogP contribution in [0, 0.1) is 47.3 Å². The third-order valence-electron chi connectivity index (χ3n) is 7.64. The Bertz CT molecular complexity index is 401.